The average Bonchev–Trinajstić information content (AvgIpc) is 2.66. The Balaban J connectivity index is 1.52. The van der Waals surface area contributed by atoms with Crippen LogP contribution >= 0.6 is 0 Å². The van der Waals surface area contributed by atoms with E-state index in [-0.39, 0.29) is 5.41 Å². The molecule has 5 heteroatoms. The molecule has 3 aromatic rings. The summed E-state index contributed by atoms with van der Waals surface area (Å²) < 4.78 is 0. The lowest BCUT2D eigenvalue weighted by Gasteiger charge is -2.19. The minimum absolute atomic E-state index is 0.139. The normalized spacial score (nSPS) is 11.2. The number of rotatable bonds is 7. The Hall–Kier alpha value is -2.95. The highest BCUT2D eigenvalue weighted by Crippen LogP contribution is 2.24. The van der Waals surface area contributed by atoms with Crippen LogP contribution in [0.3, 0.4) is 0 Å². The van der Waals surface area contributed by atoms with Gasteiger partial charge in [-0.15, -0.1) is 5.10 Å². The Bertz CT molecular complexity index is 839. The van der Waals surface area contributed by atoms with Gasteiger partial charge in [0.1, 0.15) is 0 Å². The summed E-state index contributed by atoms with van der Waals surface area (Å²) in [4.78, 5) is 4.49. The molecule has 0 aliphatic rings. The van der Waals surface area contributed by atoms with Gasteiger partial charge in [0.2, 0.25) is 5.95 Å². The highest BCUT2D eigenvalue weighted by molar-refractivity contribution is 5.55. The Morgan fingerprint density at radius 3 is 2.37 bits per heavy atom. The fourth-order valence-corrected chi connectivity index (χ4v) is 2.78. The molecule has 0 amide bonds. The largest absolute Gasteiger partial charge is 0.369 e. The summed E-state index contributed by atoms with van der Waals surface area (Å²) in [6.07, 6.45) is 3.72. The maximum atomic E-state index is 4.49. The van der Waals surface area contributed by atoms with Crippen molar-refractivity contribution in [2.24, 2.45) is 0 Å². The van der Waals surface area contributed by atoms with Gasteiger partial charge in [0, 0.05) is 12.2 Å². The van der Waals surface area contributed by atoms with Crippen LogP contribution in [0, 0.1) is 0 Å². The zero-order chi connectivity index (χ0) is 19.1. The van der Waals surface area contributed by atoms with Crippen molar-refractivity contribution in [1.82, 2.24) is 15.2 Å². The van der Waals surface area contributed by atoms with Gasteiger partial charge in [-0.25, -0.2) is 0 Å². The molecule has 1 heterocycles. The van der Waals surface area contributed by atoms with Crippen molar-refractivity contribution in [2.45, 2.75) is 39.0 Å². The Morgan fingerprint density at radius 2 is 1.67 bits per heavy atom. The number of nitrogens with zero attached hydrogens (tertiary/aromatic N) is 3. The number of hydrogen-bond acceptors (Lipinski definition) is 5. The highest BCUT2D eigenvalue weighted by atomic mass is 15.3. The Kier molecular flexibility index (Phi) is 6.01. The molecule has 5 nitrogen and oxygen atoms in total. The standard InChI is InChI=1S/C22H27N5/c1-22(2,3)18-11-13-19(14-12-18)25-21-26-20(16-24-27-21)23-15-7-10-17-8-5-4-6-9-17/h4-6,8-9,11-14,16H,7,10,15H2,1-3H3,(H2,23,25,26,27). The molecule has 0 saturated heterocycles. The SMILES string of the molecule is CC(C)(C)c1ccc(Nc2nncc(NCCCc3ccccc3)n2)cc1. The van der Waals surface area contributed by atoms with Crippen LogP contribution < -0.4 is 10.6 Å². The van der Waals surface area contributed by atoms with E-state index in [0.29, 0.717) is 5.95 Å². The van der Waals surface area contributed by atoms with Crippen molar-refractivity contribution in [3.8, 4) is 0 Å². The molecule has 0 saturated carbocycles. The van der Waals surface area contributed by atoms with E-state index in [0.717, 1.165) is 30.9 Å². The van der Waals surface area contributed by atoms with Crippen LogP contribution in [0.5, 0.6) is 0 Å². The van der Waals surface area contributed by atoms with E-state index >= 15 is 0 Å². The minimum atomic E-state index is 0.139. The zero-order valence-electron chi connectivity index (χ0n) is 16.2. The quantitative estimate of drug-likeness (QED) is 0.583. The smallest absolute Gasteiger partial charge is 0.249 e. The molecule has 2 aromatic carbocycles. The van der Waals surface area contributed by atoms with Gasteiger partial charge in [0.05, 0.1) is 6.20 Å². The second kappa shape index (κ2) is 8.62. The molecule has 0 spiro atoms. The second-order valence-electron chi connectivity index (χ2n) is 7.63. The number of aromatic nitrogens is 3. The maximum Gasteiger partial charge on any atom is 0.249 e. The van der Waals surface area contributed by atoms with Crippen molar-refractivity contribution >= 4 is 17.5 Å². The molecule has 0 aliphatic carbocycles. The molecule has 27 heavy (non-hydrogen) atoms. The molecule has 0 unspecified atom stereocenters. The van der Waals surface area contributed by atoms with Gasteiger partial charge in [0.25, 0.3) is 0 Å². The molecule has 0 aliphatic heterocycles. The summed E-state index contributed by atoms with van der Waals surface area (Å²) >= 11 is 0. The first-order chi connectivity index (χ1) is 13.0. The van der Waals surface area contributed by atoms with Crippen LogP contribution in [0.2, 0.25) is 0 Å². The van der Waals surface area contributed by atoms with Crippen molar-refractivity contribution in [1.29, 1.82) is 0 Å². The first-order valence-electron chi connectivity index (χ1n) is 9.36. The third-order valence-corrected chi connectivity index (χ3v) is 4.36. The predicted octanol–water partition coefficient (Wildman–Crippen LogP) is 4.96. The van der Waals surface area contributed by atoms with Gasteiger partial charge in [-0.3, -0.25) is 0 Å². The van der Waals surface area contributed by atoms with Crippen LogP contribution in [0.15, 0.2) is 60.8 Å². The molecule has 2 N–H and O–H groups in total. The molecule has 1 aromatic heterocycles. The van der Waals surface area contributed by atoms with E-state index in [1.165, 1.54) is 11.1 Å². The van der Waals surface area contributed by atoms with Gasteiger partial charge in [-0.2, -0.15) is 10.1 Å². The summed E-state index contributed by atoms with van der Waals surface area (Å²) in [7, 11) is 0. The van der Waals surface area contributed by atoms with Gasteiger partial charge in [-0.05, 0) is 41.5 Å². The van der Waals surface area contributed by atoms with Crippen molar-refractivity contribution in [3.63, 3.8) is 0 Å². The lowest BCUT2D eigenvalue weighted by atomic mass is 9.87. The molecule has 0 atom stereocenters. The first kappa shape index (κ1) is 18.8. The summed E-state index contributed by atoms with van der Waals surface area (Å²) in [5.74, 6) is 1.22. The lowest BCUT2D eigenvalue weighted by Crippen LogP contribution is -2.11. The molecule has 3 rings (SSSR count). The third-order valence-electron chi connectivity index (χ3n) is 4.36. The summed E-state index contributed by atoms with van der Waals surface area (Å²) in [5.41, 5.74) is 3.73. The van der Waals surface area contributed by atoms with Crippen LogP contribution in [0.4, 0.5) is 17.5 Å². The third kappa shape index (κ3) is 5.78. The average molecular weight is 361 g/mol. The van der Waals surface area contributed by atoms with E-state index < -0.39 is 0 Å². The van der Waals surface area contributed by atoms with Crippen LogP contribution in [-0.2, 0) is 11.8 Å². The van der Waals surface area contributed by atoms with Gasteiger partial charge < -0.3 is 10.6 Å². The topological polar surface area (TPSA) is 62.7 Å². The van der Waals surface area contributed by atoms with Crippen LogP contribution in [0.25, 0.3) is 0 Å². The van der Waals surface area contributed by atoms with Crippen molar-refractivity contribution < 1.29 is 0 Å². The summed E-state index contributed by atoms with van der Waals surface area (Å²) in [6, 6.07) is 18.8. The van der Waals surface area contributed by atoms with E-state index in [2.05, 4.69) is 83.0 Å². The van der Waals surface area contributed by atoms with Crippen LogP contribution in [0.1, 0.15) is 38.3 Å². The van der Waals surface area contributed by atoms with Gasteiger partial charge >= 0.3 is 0 Å². The molecular formula is C22H27N5. The fourth-order valence-electron chi connectivity index (χ4n) is 2.78. The lowest BCUT2D eigenvalue weighted by molar-refractivity contribution is 0.590. The zero-order valence-corrected chi connectivity index (χ0v) is 16.2. The minimum Gasteiger partial charge on any atom is -0.369 e. The highest BCUT2D eigenvalue weighted by Gasteiger charge is 2.13. The number of hydrogen-bond donors (Lipinski definition) is 2. The van der Waals surface area contributed by atoms with E-state index in [4.69, 9.17) is 0 Å². The number of anilines is 3. The maximum absolute atomic E-state index is 4.49. The van der Waals surface area contributed by atoms with Gasteiger partial charge in [-0.1, -0.05) is 63.2 Å². The van der Waals surface area contributed by atoms with Crippen molar-refractivity contribution in [3.05, 3.63) is 71.9 Å². The second-order valence-corrected chi connectivity index (χ2v) is 7.63. The molecule has 0 bridgehead atoms. The summed E-state index contributed by atoms with van der Waals surface area (Å²) in [5, 5.41) is 14.6. The number of benzene rings is 2. The molecule has 0 radical (unpaired) electrons. The number of nitrogens with one attached hydrogen (secondary N) is 2. The molecule has 0 fully saturated rings. The molecular weight excluding hydrogens is 334 g/mol. The predicted molar refractivity (Wildman–Crippen MR) is 112 cm³/mol. The summed E-state index contributed by atoms with van der Waals surface area (Å²) in [6.45, 7) is 7.45. The van der Waals surface area contributed by atoms with Crippen LogP contribution in [-0.4, -0.2) is 21.7 Å². The Morgan fingerprint density at radius 1 is 0.926 bits per heavy atom. The van der Waals surface area contributed by atoms with E-state index in [1.54, 1.807) is 6.20 Å². The monoisotopic (exact) mass is 361 g/mol. The van der Waals surface area contributed by atoms with Gasteiger partial charge in [0.15, 0.2) is 5.82 Å². The molecule has 140 valence electrons. The first-order valence-corrected chi connectivity index (χ1v) is 9.36. The number of aryl methyl sites for hydroxylation is 1. The van der Waals surface area contributed by atoms with Crippen molar-refractivity contribution in [2.75, 3.05) is 17.2 Å². The fraction of sp³-hybridized carbons (Fsp3) is 0.318. The Labute approximate surface area is 161 Å². The van der Waals surface area contributed by atoms with E-state index in [9.17, 15) is 0 Å². The van der Waals surface area contributed by atoms with E-state index in [1.807, 2.05) is 18.2 Å².